The molecule has 2 aromatic rings. The summed E-state index contributed by atoms with van der Waals surface area (Å²) in [7, 11) is 1.62. The fourth-order valence-corrected chi connectivity index (χ4v) is 3.07. The fourth-order valence-electron chi connectivity index (χ4n) is 3.07. The Bertz CT molecular complexity index is 883. The van der Waals surface area contributed by atoms with Gasteiger partial charge in [-0.25, -0.2) is 4.99 Å². The van der Waals surface area contributed by atoms with Crippen LogP contribution < -0.4 is 25.4 Å². The molecular weight excluding hydrogens is 392 g/mol. The van der Waals surface area contributed by atoms with Gasteiger partial charge < -0.3 is 25.4 Å². The molecule has 7 nitrogen and oxygen atoms in total. The van der Waals surface area contributed by atoms with Gasteiger partial charge in [0.25, 0.3) is 5.91 Å². The molecule has 2 aromatic carbocycles. The van der Waals surface area contributed by atoms with E-state index >= 15 is 0 Å². The third-order valence-corrected chi connectivity index (χ3v) is 4.60. The average Bonchev–Trinajstić information content (AvgIpc) is 2.78. The number of rotatable bonds is 10. The number of carbonyl (C=O) groups is 1. The summed E-state index contributed by atoms with van der Waals surface area (Å²) in [5, 5.41) is 9.36. The Morgan fingerprint density at radius 1 is 1.03 bits per heavy atom. The van der Waals surface area contributed by atoms with E-state index in [1.54, 1.807) is 13.1 Å². The van der Waals surface area contributed by atoms with E-state index in [0.717, 1.165) is 29.2 Å². The van der Waals surface area contributed by atoms with Crippen molar-refractivity contribution in [1.82, 2.24) is 16.0 Å². The normalized spacial score (nSPS) is 12.1. The molecule has 0 heterocycles. The van der Waals surface area contributed by atoms with Gasteiger partial charge in [-0.1, -0.05) is 18.2 Å². The molecule has 1 amide bonds. The minimum Gasteiger partial charge on any atom is -0.490 e. The Hall–Kier alpha value is -3.22. The zero-order valence-corrected chi connectivity index (χ0v) is 19.1. The molecule has 0 spiro atoms. The number of carbonyl (C=O) groups excluding carboxylic acids is 1. The van der Waals surface area contributed by atoms with Gasteiger partial charge in [0.1, 0.15) is 0 Å². The number of hydrogen-bond acceptors (Lipinski definition) is 4. The molecule has 0 aliphatic carbocycles. The number of aliphatic imine (C=N–C) groups is 1. The van der Waals surface area contributed by atoms with Crippen molar-refractivity contribution in [2.45, 2.75) is 40.3 Å². The lowest BCUT2D eigenvalue weighted by atomic mass is 10.1. The maximum absolute atomic E-state index is 11.9. The van der Waals surface area contributed by atoms with Gasteiger partial charge in [0.2, 0.25) is 0 Å². The van der Waals surface area contributed by atoms with Crippen LogP contribution in [0, 0.1) is 0 Å². The van der Waals surface area contributed by atoms with E-state index in [-0.39, 0.29) is 11.9 Å². The molecule has 7 heteroatoms. The van der Waals surface area contributed by atoms with E-state index in [2.05, 4.69) is 27.9 Å². The summed E-state index contributed by atoms with van der Waals surface area (Å²) in [5.41, 5.74) is 2.66. The van der Waals surface area contributed by atoms with Crippen LogP contribution in [0.15, 0.2) is 47.5 Å². The number of hydrogen-bond donors (Lipinski definition) is 3. The number of ether oxygens (including phenoxy) is 2. The Morgan fingerprint density at radius 2 is 1.77 bits per heavy atom. The first-order chi connectivity index (χ1) is 15.0. The van der Waals surface area contributed by atoms with E-state index in [4.69, 9.17) is 9.47 Å². The molecule has 1 unspecified atom stereocenters. The predicted octanol–water partition coefficient (Wildman–Crippen LogP) is 3.66. The van der Waals surface area contributed by atoms with Crippen molar-refractivity contribution >= 4 is 11.9 Å². The highest BCUT2D eigenvalue weighted by atomic mass is 16.5. The number of nitrogens with one attached hydrogen (secondary N) is 3. The second-order valence-corrected chi connectivity index (χ2v) is 6.91. The largest absolute Gasteiger partial charge is 0.490 e. The van der Waals surface area contributed by atoms with Crippen LogP contribution in [-0.2, 0) is 6.54 Å². The van der Waals surface area contributed by atoms with E-state index in [1.165, 1.54) is 0 Å². The van der Waals surface area contributed by atoms with Crippen molar-refractivity contribution in [1.29, 1.82) is 0 Å². The highest BCUT2D eigenvalue weighted by Crippen LogP contribution is 2.30. The quantitative estimate of drug-likeness (QED) is 0.399. The van der Waals surface area contributed by atoms with E-state index < -0.39 is 0 Å². The lowest BCUT2D eigenvalue weighted by molar-refractivity contribution is 0.0963. The van der Waals surface area contributed by atoms with Gasteiger partial charge in [-0.15, -0.1) is 0 Å². The van der Waals surface area contributed by atoms with Gasteiger partial charge in [0.15, 0.2) is 17.5 Å². The second-order valence-electron chi connectivity index (χ2n) is 6.91. The van der Waals surface area contributed by atoms with Gasteiger partial charge >= 0.3 is 0 Å². The van der Waals surface area contributed by atoms with Crippen LogP contribution >= 0.6 is 0 Å². The predicted molar refractivity (Wildman–Crippen MR) is 125 cm³/mol. The topological polar surface area (TPSA) is 84.0 Å². The standard InChI is InChI=1S/C24H34N4O3/c1-6-26-24(27-16-18-10-9-11-20(14-18)23(29)25-5)28-17(4)19-12-13-21(30-7-2)22(15-19)31-8-3/h9-15,17H,6-8,16H2,1-5H3,(H,25,29)(H2,26,27,28). The maximum atomic E-state index is 11.9. The van der Waals surface area contributed by atoms with E-state index in [0.29, 0.717) is 31.3 Å². The third-order valence-electron chi connectivity index (χ3n) is 4.60. The maximum Gasteiger partial charge on any atom is 0.251 e. The van der Waals surface area contributed by atoms with Crippen molar-refractivity contribution in [3.05, 3.63) is 59.2 Å². The summed E-state index contributed by atoms with van der Waals surface area (Å²) in [4.78, 5) is 16.5. The summed E-state index contributed by atoms with van der Waals surface area (Å²) in [6.45, 7) is 10.4. The minimum atomic E-state index is -0.106. The first-order valence-electron chi connectivity index (χ1n) is 10.8. The number of amides is 1. The van der Waals surface area contributed by atoms with Crippen LogP contribution in [0.25, 0.3) is 0 Å². The van der Waals surface area contributed by atoms with Crippen molar-refractivity contribution in [2.75, 3.05) is 26.8 Å². The van der Waals surface area contributed by atoms with Gasteiger partial charge in [0.05, 0.1) is 25.8 Å². The molecule has 0 aliphatic heterocycles. The molecule has 0 saturated carbocycles. The molecular formula is C24H34N4O3. The molecule has 168 valence electrons. The summed E-state index contributed by atoms with van der Waals surface area (Å²) < 4.78 is 11.4. The monoisotopic (exact) mass is 426 g/mol. The van der Waals surface area contributed by atoms with Crippen LogP contribution in [0.2, 0.25) is 0 Å². The molecule has 0 fully saturated rings. The number of benzene rings is 2. The van der Waals surface area contributed by atoms with Crippen LogP contribution in [0.4, 0.5) is 0 Å². The summed E-state index contributed by atoms with van der Waals surface area (Å²) in [6.07, 6.45) is 0. The van der Waals surface area contributed by atoms with E-state index in [9.17, 15) is 4.79 Å². The van der Waals surface area contributed by atoms with Gasteiger partial charge in [0, 0.05) is 19.2 Å². The average molecular weight is 427 g/mol. The Kier molecular flexibility index (Phi) is 9.68. The zero-order chi connectivity index (χ0) is 22.6. The van der Waals surface area contributed by atoms with Crippen LogP contribution in [-0.4, -0.2) is 38.7 Å². The fraction of sp³-hybridized carbons (Fsp3) is 0.417. The molecule has 1 atom stereocenters. The summed E-state index contributed by atoms with van der Waals surface area (Å²) in [6, 6.07) is 13.5. The molecule has 0 radical (unpaired) electrons. The third kappa shape index (κ3) is 7.20. The van der Waals surface area contributed by atoms with Crippen molar-refractivity contribution in [2.24, 2.45) is 4.99 Å². The van der Waals surface area contributed by atoms with E-state index in [1.807, 2.05) is 57.2 Å². The number of guanidine groups is 1. The zero-order valence-electron chi connectivity index (χ0n) is 19.1. The van der Waals surface area contributed by atoms with Gasteiger partial charge in [-0.2, -0.15) is 0 Å². The van der Waals surface area contributed by atoms with Crippen LogP contribution in [0.1, 0.15) is 55.2 Å². The van der Waals surface area contributed by atoms with Crippen molar-refractivity contribution in [3.63, 3.8) is 0 Å². The number of nitrogens with zero attached hydrogens (tertiary/aromatic N) is 1. The highest BCUT2D eigenvalue weighted by Gasteiger charge is 2.12. The lowest BCUT2D eigenvalue weighted by Crippen LogP contribution is -2.38. The smallest absolute Gasteiger partial charge is 0.251 e. The minimum absolute atomic E-state index is 0.00452. The van der Waals surface area contributed by atoms with Crippen LogP contribution in [0.3, 0.4) is 0 Å². The summed E-state index contributed by atoms with van der Waals surface area (Å²) >= 11 is 0. The van der Waals surface area contributed by atoms with Gasteiger partial charge in [-0.05, 0) is 63.1 Å². The molecule has 31 heavy (non-hydrogen) atoms. The Morgan fingerprint density at radius 3 is 2.45 bits per heavy atom. The Balaban J connectivity index is 2.15. The van der Waals surface area contributed by atoms with Crippen molar-refractivity contribution < 1.29 is 14.3 Å². The molecule has 2 rings (SSSR count). The Labute approximate surface area is 185 Å². The molecule has 3 N–H and O–H groups in total. The van der Waals surface area contributed by atoms with Gasteiger partial charge in [-0.3, -0.25) is 4.79 Å². The first-order valence-corrected chi connectivity index (χ1v) is 10.8. The SMILES string of the molecule is CCNC(=NCc1cccc(C(=O)NC)c1)NC(C)c1ccc(OCC)c(OCC)c1. The molecule has 0 aliphatic rings. The molecule has 0 saturated heterocycles. The summed E-state index contributed by atoms with van der Waals surface area (Å²) in [5.74, 6) is 2.08. The first kappa shape index (κ1) is 24.1. The molecule has 0 bridgehead atoms. The second kappa shape index (κ2) is 12.5. The highest BCUT2D eigenvalue weighted by molar-refractivity contribution is 5.94. The van der Waals surface area contributed by atoms with Crippen molar-refractivity contribution in [3.8, 4) is 11.5 Å². The molecule has 0 aromatic heterocycles. The lowest BCUT2D eigenvalue weighted by Gasteiger charge is -2.20. The van der Waals surface area contributed by atoms with Crippen LogP contribution in [0.5, 0.6) is 11.5 Å².